The summed E-state index contributed by atoms with van der Waals surface area (Å²) in [6.07, 6.45) is 5.89. The Morgan fingerprint density at radius 2 is 2.14 bits per heavy atom. The van der Waals surface area contributed by atoms with Crippen LogP contribution in [0.25, 0.3) is 10.9 Å². The van der Waals surface area contributed by atoms with Crippen LogP contribution >= 0.6 is 11.3 Å². The summed E-state index contributed by atoms with van der Waals surface area (Å²) in [6, 6.07) is 9.75. The number of thiophene rings is 1. The molecule has 1 aromatic carbocycles. The summed E-state index contributed by atoms with van der Waals surface area (Å²) in [7, 11) is 1.63. The van der Waals surface area contributed by atoms with Crippen molar-refractivity contribution in [1.82, 2.24) is 9.88 Å². The Balaban J connectivity index is 1.35. The van der Waals surface area contributed by atoms with Crippen LogP contribution in [0.1, 0.15) is 54.2 Å². The lowest BCUT2D eigenvalue weighted by atomic mass is 9.79. The van der Waals surface area contributed by atoms with E-state index in [0.717, 1.165) is 67.5 Å². The van der Waals surface area contributed by atoms with Gasteiger partial charge in [-0.15, -0.1) is 11.3 Å². The molecule has 1 saturated heterocycles. The number of carboxylic acids is 1. The number of aliphatic hydroxyl groups excluding tert-OH is 1. The molecule has 1 aliphatic rings. The number of ether oxygens (including phenoxy) is 1. The van der Waals surface area contributed by atoms with Crippen LogP contribution < -0.4 is 4.74 Å². The molecule has 2 N–H and O–H groups in total. The predicted octanol–water partition coefficient (Wildman–Crippen LogP) is 5.47. The molecule has 1 fully saturated rings. The topological polar surface area (TPSA) is 82.9 Å². The van der Waals surface area contributed by atoms with Gasteiger partial charge < -0.3 is 19.8 Å². The summed E-state index contributed by atoms with van der Waals surface area (Å²) in [4.78, 5) is 19.9. The average molecular weight is 497 g/mol. The number of aromatic nitrogens is 1. The third-order valence-electron chi connectivity index (χ3n) is 7.41. The summed E-state index contributed by atoms with van der Waals surface area (Å²) >= 11 is 1.82. The molecule has 0 spiro atoms. The van der Waals surface area contributed by atoms with Gasteiger partial charge in [0.15, 0.2) is 0 Å². The van der Waals surface area contributed by atoms with E-state index in [-0.39, 0.29) is 12.3 Å². The van der Waals surface area contributed by atoms with Gasteiger partial charge in [-0.1, -0.05) is 0 Å². The Labute approximate surface area is 211 Å². The fourth-order valence-corrected chi connectivity index (χ4v) is 6.36. The molecule has 0 saturated carbocycles. The van der Waals surface area contributed by atoms with Crippen molar-refractivity contribution in [2.75, 3.05) is 26.7 Å². The summed E-state index contributed by atoms with van der Waals surface area (Å²) in [5, 5.41) is 23.7. The number of rotatable bonds is 11. The minimum absolute atomic E-state index is 0.117. The highest BCUT2D eigenvalue weighted by Gasteiger charge is 2.31. The Morgan fingerprint density at radius 1 is 1.29 bits per heavy atom. The molecule has 0 bridgehead atoms. The predicted molar refractivity (Wildman–Crippen MR) is 140 cm³/mol. The molecule has 4 rings (SSSR count). The number of aliphatic carboxylic acids is 1. The Bertz CT molecular complexity index is 1130. The number of carbonyl (C=O) groups is 1. The maximum absolute atomic E-state index is 11.6. The maximum Gasteiger partial charge on any atom is 0.303 e. The largest absolute Gasteiger partial charge is 0.497 e. The molecule has 35 heavy (non-hydrogen) atoms. The SMILES string of the molecule is COc1ccc2nccc([C@H](O)CC[C@@H]3CCN(CCCc4sccc4C)C[C@@H]3CC(=O)O)c2c1. The number of piperidine rings is 1. The van der Waals surface area contributed by atoms with Crippen LogP contribution in [-0.2, 0) is 11.2 Å². The number of aliphatic hydroxyl groups is 1. The number of fused-ring (bicyclic) bond motifs is 1. The standard InChI is InChI=1S/C28H36N2O4S/c1-19-11-15-35-27(19)4-3-13-30-14-10-20(21(18-30)16-28(32)33)5-8-26(31)23-9-12-29-25-7-6-22(34-2)17-24(23)25/h6-7,9,11-12,15,17,20-21,26,31H,3-5,8,10,13-14,16,18H2,1-2H3,(H,32,33)/t20-,21+,26-/m1/s1. The average Bonchev–Trinajstić information content (AvgIpc) is 3.26. The number of benzene rings is 1. The molecule has 0 amide bonds. The van der Waals surface area contributed by atoms with Gasteiger partial charge in [-0.3, -0.25) is 9.78 Å². The highest BCUT2D eigenvalue weighted by Crippen LogP contribution is 2.35. The molecule has 3 aromatic rings. The molecular formula is C28H36N2O4S. The lowest BCUT2D eigenvalue weighted by Gasteiger charge is -2.38. The van der Waals surface area contributed by atoms with Gasteiger partial charge in [0.05, 0.1) is 18.7 Å². The van der Waals surface area contributed by atoms with Crippen molar-refractivity contribution in [2.45, 2.75) is 51.6 Å². The molecule has 3 heterocycles. The second-order valence-corrected chi connectivity index (χ2v) is 10.7. The Morgan fingerprint density at radius 3 is 2.89 bits per heavy atom. The fraction of sp³-hybridized carbons (Fsp3) is 0.500. The fourth-order valence-electron chi connectivity index (χ4n) is 5.41. The molecule has 7 heteroatoms. The highest BCUT2D eigenvalue weighted by atomic mass is 32.1. The van der Waals surface area contributed by atoms with E-state index in [1.165, 1.54) is 10.4 Å². The molecule has 3 atom stereocenters. The smallest absolute Gasteiger partial charge is 0.303 e. The molecule has 2 aromatic heterocycles. The van der Waals surface area contributed by atoms with Gasteiger partial charge in [0.1, 0.15) is 5.75 Å². The van der Waals surface area contributed by atoms with E-state index in [4.69, 9.17) is 4.74 Å². The van der Waals surface area contributed by atoms with Gasteiger partial charge in [-0.25, -0.2) is 0 Å². The van der Waals surface area contributed by atoms with E-state index in [1.54, 1.807) is 13.3 Å². The van der Waals surface area contributed by atoms with Crippen LogP contribution in [0.2, 0.25) is 0 Å². The number of nitrogens with zero attached hydrogens (tertiary/aromatic N) is 2. The van der Waals surface area contributed by atoms with Gasteiger partial charge >= 0.3 is 5.97 Å². The minimum atomic E-state index is -0.733. The van der Waals surface area contributed by atoms with Crippen molar-refractivity contribution in [3.05, 3.63) is 57.9 Å². The second-order valence-electron chi connectivity index (χ2n) is 9.71. The number of aryl methyl sites for hydroxylation is 2. The first-order valence-electron chi connectivity index (χ1n) is 12.5. The first kappa shape index (κ1) is 25.6. The molecule has 6 nitrogen and oxygen atoms in total. The Hall–Kier alpha value is -2.48. The normalized spacial score (nSPS) is 19.6. The summed E-state index contributed by atoms with van der Waals surface area (Å²) < 4.78 is 5.36. The van der Waals surface area contributed by atoms with Gasteiger partial charge in [-0.2, -0.15) is 0 Å². The van der Waals surface area contributed by atoms with E-state index in [1.807, 2.05) is 35.6 Å². The molecule has 0 unspecified atom stereocenters. The van der Waals surface area contributed by atoms with E-state index < -0.39 is 12.1 Å². The zero-order chi connectivity index (χ0) is 24.8. The van der Waals surface area contributed by atoms with Crippen LogP contribution in [-0.4, -0.2) is 52.8 Å². The number of likely N-dealkylation sites (tertiary alicyclic amines) is 1. The highest BCUT2D eigenvalue weighted by molar-refractivity contribution is 7.10. The number of pyridine rings is 1. The summed E-state index contributed by atoms with van der Waals surface area (Å²) in [5.41, 5.74) is 3.05. The molecule has 1 aliphatic heterocycles. The maximum atomic E-state index is 11.6. The number of hydrogen-bond acceptors (Lipinski definition) is 6. The third-order valence-corrected chi connectivity index (χ3v) is 8.49. The van der Waals surface area contributed by atoms with Crippen molar-refractivity contribution in [3.63, 3.8) is 0 Å². The van der Waals surface area contributed by atoms with E-state index in [2.05, 4.69) is 28.3 Å². The molecule has 0 aliphatic carbocycles. The zero-order valence-electron chi connectivity index (χ0n) is 20.7. The quantitative estimate of drug-likeness (QED) is 0.366. The summed E-state index contributed by atoms with van der Waals surface area (Å²) in [5.74, 6) is 0.427. The van der Waals surface area contributed by atoms with Crippen LogP contribution in [0, 0.1) is 18.8 Å². The van der Waals surface area contributed by atoms with E-state index >= 15 is 0 Å². The van der Waals surface area contributed by atoms with Crippen molar-refractivity contribution < 1.29 is 19.7 Å². The first-order valence-corrected chi connectivity index (χ1v) is 13.4. The van der Waals surface area contributed by atoms with Gasteiger partial charge in [0.2, 0.25) is 0 Å². The number of hydrogen-bond donors (Lipinski definition) is 2. The number of carboxylic acid groups (broad SMARTS) is 1. The van der Waals surface area contributed by atoms with Gasteiger partial charge in [-0.05, 0) is 111 Å². The van der Waals surface area contributed by atoms with E-state index in [0.29, 0.717) is 12.3 Å². The Kier molecular flexibility index (Phi) is 8.76. The lowest BCUT2D eigenvalue weighted by Crippen LogP contribution is -2.42. The van der Waals surface area contributed by atoms with Crippen molar-refractivity contribution >= 4 is 28.2 Å². The molecular weight excluding hydrogens is 460 g/mol. The van der Waals surface area contributed by atoms with Gasteiger partial charge in [0, 0.05) is 29.4 Å². The van der Waals surface area contributed by atoms with E-state index in [9.17, 15) is 15.0 Å². The number of methoxy groups -OCH3 is 1. The van der Waals surface area contributed by atoms with Crippen molar-refractivity contribution in [3.8, 4) is 5.75 Å². The molecule has 188 valence electrons. The lowest BCUT2D eigenvalue weighted by molar-refractivity contribution is -0.139. The van der Waals surface area contributed by atoms with Crippen LogP contribution in [0.3, 0.4) is 0 Å². The van der Waals surface area contributed by atoms with Gasteiger partial charge in [0.25, 0.3) is 0 Å². The van der Waals surface area contributed by atoms with Crippen LogP contribution in [0.4, 0.5) is 0 Å². The first-order chi connectivity index (χ1) is 16.9. The molecule has 0 radical (unpaired) electrons. The van der Waals surface area contributed by atoms with Crippen molar-refractivity contribution in [1.29, 1.82) is 0 Å². The second kappa shape index (κ2) is 12.0. The third kappa shape index (κ3) is 6.60. The minimum Gasteiger partial charge on any atom is -0.497 e. The van der Waals surface area contributed by atoms with Crippen LogP contribution in [0.15, 0.2) is 41.9 Å². The monoisotopic (exact) mass is 496 g/mol. The van der Waals surface area contributed by atoms with Crippen LogP contribution in [0.5, 0.6) is 5.75 Å². The van der Waals surface area contributed by atoms with Crippen molar-refractivity contribution in [2.24, 2.45) is 11.8 Å². The zero-order valence-corrected chi connectivity index (χ0v) is 21.5. The summed E-state index contributed by atoms with van der Waals surface area (Å²) in [6.45, 7) is 5.00.